The first-order chi connectivity index (χ1) is 12.9. The average molecular weight is 386 g/mol. The summed E-state index contributed by atoms with van der Waals surface area (Å²) in [6.07, 6.45) is 2.62. The van der Waals surface area contributed by atoms with Crippen LogP contribution in [0.1, 0.15) is 10.4 Å². The van der Waals surface area contributed by atoms with Crippen molar-refractivity contribution < 1.29 is 13.6 Å². The lowest BCUT2D eigenvalue weighted by atomic mass is 10.1. The Morgan fingerprint density at radius 2 is 1.96 bits per heavy atom. The highest BCUT2D eigenvalue weighted by molar-refractivity contribution is 6.31. The maximum atomic E-state index is 14.0. The number of carbonyl (C=O) groups is 1. The molecule has 2 aromatic carbocycles. The van der Waals surface area contributed by atoms with E-state index in [1.165, 1.54) is 6.20 Å². The SMILES string of the molecule is O=C(Nc1ccnc2ccc(Cl)cc12)c1c[nH]c2cc(F)cc(F)c2c1=O. The highest BCUT2D eigenvalue weighted by Crippen LogP contribution is 2.25. The number of pyridine rings is 2. The smallest absolute Gasteiger partial charge is 0.261 e. The fourth-order valence-electron chi connectivity index (χ4n) is 2.85. The number of anilines is 1. The number of halogens is 3. The highest BCUT2D eigenvalue weighted by Gasteiger charge is 2.17. The Hall–Kier alpha value is -3.32. The molecule has 2 heterocycles. The number of fused-ring (bicyclic) bond motifs is 2. The second kappa shape index (κ2) is 6.44. The normalized spacial score (nSPS) is 11.1. The van der Waals surface area contributed by atoms with Crippen LogP contribution in [-0.2, 0) is 0 Å². The number of nitrogens with one attached hydrogen (secondary N) is 2. The molecule has 0 aliphatic heterocycles. The van der Waals surface area contributed by atoms with Crippen molar-refractivity contribution in [2.24, 2.45) is 0 Å². The average Bonchev–Trinajstić information content (AvgIpc) is 2.61. The Balaban J connectivity index is 1.80. The second-order valence-electron chi connectivity index (χ2n) is 5.82. The van der Waals surface area contributed by atoms with Gasteiger partial charge in [-0.1, -0.05) is 11.6 Å². The van der Waals surface area contributed by atoms with Gasteiger partial charge in [-0.2, -0.15) is 0 Å². The topological polar surface area (TPSA) is 74.8 Å². The van der Waals surface area contributed by atoms with E-state index in [0.29, 0.717) is 27.7 Å². The van der Waals surface area contributed by atoms with Crippen LogP contribution in [0.2, 0.25) is 5.02 Å². The number of H-pyrrole nitrogens is 1. The van der Waals surface area contributed by atoms with Crippen molar-refractivity contribution in [3.8, 4) is 0 Å². The molecule has 4 rings (SSSR count). The van der Waals surface area contributed by atoms with E-state index in [9.17, 15) is 18.4 Å². The minimum atomic E-state index is -1.04. The van der Waals surface area contributed by atoms with Crippen molar-refractivity contribution in [3.63, 3.8) is 0 Å². The Kier molecular flexibility index (Phi) is 4.08. The molecular weight excluding hydrogens is 376 g/mol. The van der Waals surface area contributed by atoms with Crippen LogP contribution >= 0.6 is 11.6 Å². The third-order valence-corrected chi connectivity index (χ3v) is 4.33. The van der Waals surface area contributed by atoms with Crippen LogP contribution in [0.3, 0.4) is 0 Å². The molecule has 1 amide bonds. The van der Waals surface area contributed by atoms with Gasteiger partial charge in [0.05, 0.1) is 22.1 Å². The third kappa shape index (κ3) is 3.02. The predicted molar refractivity (Wildman–Crippen MR) is 99.2 cm³/mol. The van der Waals surface area contributed by atoms with Crippen LogP contribution in [0.25, 0.3) is 21.8 Å². The highest BCUT2D eigenvalue weighted by atomic mass is 35.5. The van der Waals surface area contributed by atoms with E-state index in [2.05, 4.69) is 15.3 Å². The third-order valence-electron chi connectivity index (χ3n) is 4.10. The van der Waals surface area contributed by atoms with Crippen LogP contribution in [-0.4, -0.2) is 15.9 Å². The molecule has 0 unspecified atom stereocenters. The standard InChI is InChI=1S/C19H10ClF2N3O2/c20-9-1-2-14-11(5-9)15(3-4-23-14)25-19(27)12-8-24-16-7-10(21)6-13(22)17(16)18(12)26/h1-8H,(H,24,26)(H,23,25,27). The van der Waals surface area contributed by atoms with Gasteiger partial charge >= 0.3 is 0 Å². The zero-order valence-electron chi connectivity index (χ0n) is 13.5. The lowest BCUT2D eigenvalue weighted by molar-refractivity contribution is 0.102. The molecule has 8 heteroatoms. The molecule has 0 bridgehead atoms. The van der Waals surface area contributed by atoms with Crippen LogP contribution in [0.15, 0.2) is 53.6 Å². The summed E-state index contributed by atoms with van der Waals surface area (Å²) in [5, 5.41) is 3.27. The van der Waals surface area contributed by atoms with Crippen molar-refractivity contribution in [1.82, 2.24) is 9.97 Å². The molecule has 0 spiro atoms. The number of amides is 1. The zero-order chi connectivity index (χ0) is 19.1. The number of carbonyl (C=O) groups excluding carboxylic acids is 1. The molecule has 0 saturated heterocycles. The first-order valence-electron chi connectivity index (χ1n) is 7.80. The number of aromatic amines is 1. The summed E-state index contributed by atoms with van der Waals surface area (Å²) in [6, 6.07) is 8.13. The molecule has 0 saturated carbocycles. The van der Waals surface area contributed by atoms with Crippen molar-refractivity contribution >= 4 is 45.0 Å². The van der Waals surface area contributed by atoms with Gasteiger partial charge in [0.1, 0.15) is 17.2 Å². The second-order valence-corrected chi connectivity index (χ2v) is 6.25. The van der Waals surface area contributed by atoms with Gasteiger partial charge in [0, 0.05) is 28.9 Å². The minimum Gasteiger partial charge on any atom is -0.360 e. The van der Waals surface area contributed by atoms with Gasteiger partial charge in [0.25, 0.3) is 5.91 Å². The summed E-state index contributed by atoms with van der Waals surface area (Å²) in [7, 11) is 0. The van der Waals surface area contributed by atoms with Crippen molar-refractivity contribution in [2.75, 3.05) is 5.32 Å². The summed E-state index contributed by atoms with van der Waals surface area (Å²) in [4.78, 5) is 31.9. The maximum Gasteiger partial charge on any atom is 0.261 e. The number of benzene rings is 2. The van der Waals surface area contributed by atoms with Crippen LogP contribution in [0, 0.1) is 11.6 Å². The van der Waals surface area contributed by atoms with E-state index in [1.807, 2.05) is 0 Å². The zero-order valence-corrected chi connectivity index (χ0v) is 14.3. The Morgan fingerprint density at radius 3 is 2.78 bits per heavy atom. The Bertz CT molecular complexity index is 1290. The Morgan fingerprint density at radius 1 is 1.15 bits per heavy atom. The van der Waals surface area contributed by atoms with E-state index >= 15 is 0 Å². The first-order valence-corrected chi connectivity index (χ1v) is 8.18. The maximum absolute atomic E-state index is 14.0. The van der Waals surface area contributed by atoms with Crippen molar-refractivity contribution in [2.45, 2.75) is 0 Å². The predicted octanol–water partition coefficient (Wildman–Crippen LogP) is 4.26. The summed E-state index contributed by atoms with van der Waals surface area (Å²) >= 11 is 6.00. The van der Waals surface area contributed by atoms with E-state index in [4.69, 9.17) is 11.6 Å². The molecular formula is C19H10ClF2N3O2. The summed E-state index contributed by atoms with van der Waals surface area (Å²) < 4.78 is 27.3. The quantitative estimate of drug-likeness (QED) is 0.541. The van der Waals surface area contributed by atoms with Crippen molar-refractivity contribution in [3.05, 3.63) is 81.2 Å². The molecule has 2 aromatic heterocycles. The molecule has 0 fully saturated rings. The summed E-state index contributed by atoms with van der Waals surface area (Å²) in [5.74, 6) is -2.61. The fourth-order valence-corrected chi connectivity index (χ4v) is 3.03. The van der Waals surface area contributed by atoms with Crippen molar-refractivity contribution in [1.29, 1.82) is 0 Å². The van der Waals surface area contributed by atoms with E-state index in [1.54, 1.807) is 24.3 Å². The molecule has 0 atom stereocenters. The van der Waals surface area contributed by atoms with Gasteiger partial charge in [-0.25, -0.2) is 8.78 Å². The monoisotopic (exact) mass is 385 g/mol. The molecule has 0 aliphatic carbocycles. The van der Waals surface area contributed by atoms with Gasteiger partial charge in [0.15, 0.2) is 0 Å². The molecule has 0 aliphatic rings. The fraction of sp³-hybridized carbons (Fsp3) is 0. The lowest BCUT2D eigenvalue weighted by Crippen LogP contribution is -2.22. The van der Waals surface area contributed by atoms with Crippen LogP contribution < -0.4 is 10.7 Å². The molecule has 2 N–H and O–H groups in total. The minimum absolute atomic E-state index is 0.0322. The first kappa shape index (κ1) is 17.1. The van der Waals surface area contributed by atoms with E-state index in [0.717, 1.165) is 12.3 Å². The van der Waals surface area contributed by atoms with Crippen LogP contribution in [0.4, 0.5) is 14.5 Å². The molecule has 5 nitrogen and oxygen atoms in total. The number of aromatic nitrogens is 2. The van der Waals surface area contributed by atoms with E-state index < -0.39 is 23.0 Å². The number of nitrogens with zero attached hydrogens (tertiary/aromatic N) is 1. The van der Waals surface area contributed by atoms with Gasteiger partial charge in [-0.05, 0) is 30.3 Å². The molecule has 134 valence electrons. The number of hydrogen-bond acceptors (Lipinski definition) is 3. The number of rotatable bonds is 2. The summed E-state index contributed by atoms with van der Waals surface area (Å²) in [6.45, 7) is 0. The van der Waals surface area contributed by atoms with Gasteiger partial charge in [0.2, 0.25) is 5.43 Å². The van der Waals surface area contributed by atoms with Gasteiger partial charge in [-0.15, -0.1) is 0 Å². The van der Waals surface area contributed by atoms with Crippen LogP contribution in [0.5, 0.6) is 0 Å². The lowest BCUT2D eigenvalue weighted by Gasteiger charge is -2.09. The molecule has 4 aromatic rings. The van der Waals surface area contributed by atoms with Gasteiger partial charge < -0.3 is 10.3 Å². The summed E-state index contributed by atoms with van der Waals surface area (Å²) in [5.41, 5.74) is -0.178. The molecule has 27 heavy (non-hydrogen) atoms. The van der Waals surface area contributed by atoms with E-state index in [-0.39, 0.29) is 16.5 Å². The Labute approximate surface area is 155 Å². The largest absolute Gasteiger partial charge is 0.360 e. The van der Waals surface area contributed by atoms with Gasteiger partial charge in [-0.3, -0.25) is 14.6 Å². The molecule has 0 radical (unpaired) electrons. The number of hydrogen-bond donors (Lipinski definition) is 2.